The molecule has 0 spiro atoms. The minimum Gasteiger partial charge on any atom is -0.501 e. The number of carbonyl (C=O) groups is 1. The Balaban J connectivity index is 2.30. The number of esters is 1. The van der Waals surface area contributed by atoms with Crippen LogP contribution in [0.15, 0.2) is 28.9 Å². The van der Waals surface area contributed by atoms with Crippen molar-refractivity contribution >= 4 is 23.0 Å². The van der Waals surface area contributed by atoms with E-state index in [2.05, 4.69) is 6.92 Å². The predicted octanol–water partition coefficient (Wildman–Crippen LogP) is 4.71. The van der Waals surface area contributed by atoms with Gasteiger partial charge in [-0.2, -0.15) is 0 Å². The van der Waals surface area contributed by atoms with Crippen molar-refractivity contribution in [3.8, 4) is 0 Å². The molecule has 0 radical (unpaired) electrons. The number of aryl methyl sites for hydroxylation is 1. The molecule has 0 atom stereocenters. The monoisotopic (exact) mass is 302 g/mol. The number of carbonyl (C=O) groups excluding carboxylic acids is 1. The number of unbranched alkanes of at least 4 members (excludes halogenated alkanes) is 1. The lowest BCUT2D eigenvalue weighted by Gasteiger charge is -2.00. The second kappa shape index (κ2) is 7.69. The Morgan fingerprint density at radius 2 is 2.14 bits per heavy atom. The smallest absolute Gasteiger partial charge is 0.374 e. The van der Waals surface area contributed by atoms with Crippen LogP contribution in [-0.2, 0) is 9.47 Å². The average Bonchev–Trinajstić information content (AvgIpc) is 2.85. The summed E-state index contributed by atoms with van der Waals surface area (Å²) in [5, 5.41) is 0.917. The molecule has 4 nitrogen and oxygen atoms in total. The highest BCUT2D eigenvalue weighted by molar-refractivity contribution is 5.99. The van der Waals surface area contributed by atoms with Gasteiger partial charge in [0.05, 0.1) is 19.5 Å². The predicted molar refractivity (Wildman–Crippen MR) is 86.8 cm³/mol. The highest BCUT2D eigenvalue weighted by Crippen LogP contribution is 2.29. The van der Waals surface area contributed by atoms with E-state index in [1.165, 1.54) is 0 Å². The van der Waals surface area contributed by atoms with Crippen molar-refractivity contribution < 1.29 is 18.7 Å². The molecule has 1 aromatic heterocycles. The van der Waals surface area contributed by atoms with Crippen LogP contribution in [0, 0.1) is 6.92 Å². The number of benzene rings is 1. The van der Waals surface area contributed by atoms with Gasteiger partial charge in [0, 0.05) is 10.9 Å². The summed E-state index contributed by atoms with van der Waals surface area (Å²) in [6.07, 6.45) is 5.73. The van der Waals surface area contributed by atoms with Crippen LogP contribution < -0.4 is 0 Å². The molecule has 0 aliphatic heterocycles. The minimum absolute atomic E-state index is 0.268. The number of furan rings is 1. The summed E-state index contributed by atoms with van der Waals surface area (Å²) in [7, 11) is 0. The van der Waals surface area contributed by atoms with E-state index < -0.39 is 5.97 Å². The molecule has 4 heteroatoms. The zero-order valence-corrected chi connectivity index (χ0v) is 13.3. The van der Waals surface area contributed by atoms with Gasteiger partial charge in [0.1, 0.15) is 5.58 Å². The van der Waals surface area contributed by atoms with Crippen molar-refractivity contribution in [2.45, 2.75) is 33.6 Å². The lowest BCUT2D eigenvalue weighted by molar-refractivity contribution is 0.0491. The second-order valence-corrected chi connectivity index (χ2v) is 5.02. The fourth-order valence-corrected chi connectivity index (χ4v) is 2.28. The Morgan fingerprint density at radius 1 is 1.32 bits per heavy atom. The van der Waals surface area contributed by atoms with Gasteiger partial charge in [-0.15, -0.1) is 0 Å². The lowest BCUT2D eigenvalue weighted by atomic mass is 10.1. The first-order valence-electron chi connectivity index (χ1n) is 7.66. The van der Waals surface area contributed by atoms with Crippen molar-refractivity contribution in [2.24, 2.45) is 0 Å². The van der Waals surface area contributed by atoms with Gasteiger partial charge in [-0.3, -0.25) is 0 Å². The summed E-state index contributed by atoms with van der Waals surface area (Å²) >= 11 is 0. The van der Waals surface area contributed by atoms with Gasteiger partial charge in [-0.25, -0.2) is 4.79 Å². The summed E-state index contributed by atoms with van der Waals surface area (Å²) in [5.74, 6) is -0.157. The molecule has 118 valence electrons. The highest BCUT2D eigenvalue weighted by atomic mass is 16.5. The zero-order chi connectivity index (χ0) is 15.9. The molecule has 0 saturated heterocycles. The molecule has 0 amide bonds. The van der Waals surface area contributed by atoms with Crippen LogP contribution in [0.2, 0.25) is 0 Å². The number of hydrogen-bond donors (Lipinski definition) is 0. The molecule has 1 heterocycles. The third-order valence-electron chi connectivity index (χ3n) is 3.41. The van der Waals surface area contributed by atoms with E-state index in [4.69, 9.17) is 13.9 Å². The van der Waals surface area contributed by atoms with Crippen LogP contribution in [0.25, 0.3) is 17.0 Å². The first-order valence-corrected chi connectivity index (χ1v) is 7.66. The zero-order valence-electron chi connectivity index (χ0n) is 13.3. The van der Waals surface area contributed by atoms with Crippen molar-refractivity contribution in [2.75, 3.05) is 13.2 Å². The molecule has 0 aliphatic rings. The van der Waals surface area contributed by atoms with Crippen molar-refractivity contribution in [1.82, 2.24) is 0 Å². The average molecular weight is 302 g/mol. The summed E-state index contributed by atoms with van der Waals surface area (Å²) in [5.41, 5.74) is 2.43. The van der Waals surface area contributed by atoms with Crippen LogP contribution in [0.5, 0.6) is 0 Å². The first kappa shape index (κ1) is 16.1. The number of rotatable bonds is 7. The molecule has 0 N–H and O–H groups in total. The molecule has 0 unspecified atom stereocenters. The van der Waals surface area contributed by atoms with Gasteiger partial charge >= 0.3 is 5.97 Å². The molecule has 0 aliphatic carbocycles. The van der Waals surface area contributed by atoms with E-state index in [0.29, 0.717) is 18.8 Å². The first-order chi connectivity index (χ1) is 10.7. The van der Waals surface area contributed by atoms with Gasteiger partial charge < -0.3 is 13.9 Å². The molecule has 2 rings (SSSR count). The van der Waals surface area contributed by atoms with Crippen LogP contribution in [0.4, 0.5) is 0 Å². The number of ether oxygens (including phenoxy) is 2. The van der Waals surface area contributed by atoms with Gasteiger partial charge in [-0.1, -0.05) is 25.5 Å². The topological polar surface area (TPSA) is 48.7 Å². The van der Waals surface area contributed by atoms with Gasteiger partial charge in [0.25, 0.3) is 0 Å². The second-order valence-electron chi connectivity index (χ2n) is 5.02. The van der Waals surface area contributed by atoms with Gasteiger partial charge in [0.15, 0.2) is 0 Å². The maximum absolute atomic E-state index is 11.9. The lowest BCUT2D eigenvalue weighted by Crippen LogP contribution is -2.04. The quantitative estimate of drug-likeness (QED) is 0.422. The molecule has 2 aromatic rings. The highest BCUT2D eigenvalue weighted by Gasteiger charge is 2.19. The molecule has 0 bridgehead atoms. The Labute approximate surface area is 130 Å². The molecular weight excluding hydrogens is 280 g/mol. The third kappa shape index (κ3) is 3.50. The Hall–Kier alpha value is -2.23. The molecule has 22 heavy (non-hydrogen) atoms. The molecule has 0 fully saturated rings. The van der Waals surface area contributed by atoms with Crippen molar-refractivity contribution in [3.05, 3.63) is 41.3 Å². The van der Waals surface area contributed by atoms with Crippen LogP contribution in [0.1, 0.15) is 48.4 Å². The van der Waals surface area contributed by atoms with E-state index in [9.17, 15) is 4.79 Å². The van der Waals surface area contributed by atoms with Crippen molar-refractivity contribution in [3.63, 3.8) is 0 Å². The summed E-state index contributed by atoms with van der Waals surface area (Å²) in [6.45, 7) is 6.80. The van der Waals surface area contributed by atoms with Crippen LogP contribution >= 0.6 is 0 Å². The fraction of sp³-hybridized carbons (Fsp3) is 0.389. The Bertz CT molecular complexity index is 667. The van der Waals surface area contributed by atoms with E-state index in [1.54, 1.807) is 13.2 Å². The van der Waals surface area contributed by atoms with Crippen LogP contribution in [-0.4, -0.2) is 19.2 Å². The van der Waals surface area contributed by atoms with E-state index >= 15 is 0 Å². The maximum atomic E-state index is 11.9. The normalized spacial score (nSPS) is 11.2. The number of fused-ring (bicyclic) bond motifs is 1. The standard InChI is InChI=1S/C18H22O4/c1-4-6-11-20-12-10-14-8-7-9-15-16(14)13(3)17(22-15)18(19)21-5-2/h7-10,12H,4-6,11H2,1-3H3. The number of hydrogen-bond acceptors (Lipinski definition) is 4. The van der Waals surface area contributed by atoms with Crippen LogP contribution in [0.3, 0.4) is 0 Å². The van der Waals surface area contributed by atoms with E-state index in [0.717, 1.165) is 29.4 Å². The molecule has 1 aromatic carbocycles. The maximum Gasteiger partial charge on any atom is 0.374 e. The van der Waals surface area contributed by atoms with Gasteiger partial charge in [0.2, 0.25) is 5.76 Å². The van der Waals surface area contributed by atoms with E-state index in [1.807, 2.05) is 31.2 Å². The Morgan fingerprint density at radius 3 is 2.86 bits per heavy atom. The molecular formula is C18H22O4. The fourth-order valence-electron chi connectivity index (χ4n) is 2.28. The third-order valence-corrected chi connectivity index (χ3v) is 3.41. The SMILES string of the molecule is CCCCOC=Cc1cccc2oc(C(=O)OCC)c(C)c12. The molecule has 0 saturated carbocycles. The minimum atomic E-state index is -0.426. The summed E-state index contributed by atoms with van der Waals surface area (Å²) in [4.78, 5) is 11.9. The largest absolute Gasteiger partial charge is 0.501 e. The van der Waals surface area contributed by atoms with Gasteiger partial charge in [-0.05, 0) is 38.0 Å². The van der Waals surface area contributed by atoms with E-state index in [-0.39, 0.29) is 5.76 Å². The van der Waals surface area contributed by atoms with Crippen molar-refractivity contribution in [1.29, 1.82) is 0 Å². The summed E-state index contributed by atoms with van der Waals surface area (Å²) < 4.78 is 16.1. The summed E-state index contributed by atoms with van der Waals surface area (Å²) in [6, 6.07) is 5.71. The Kier molecular flexibility index (Phi) is 5.64.